The molecule has 1 aliphatic rings. The molecular formula is C19H26N2O5. The molecule has 1 aliphatic carbocycles. The number of carbonyl (C=O) groups excluding carboxylic acids is 2. The number of benzene rings is 1. The van der Waals surface area contributed by atoms with Gasteiger partial charge in [-0.25, -0.2) is 0 Å². The van der Waals surface area contributed by atoms with Gasteiger partial charge >= 0.3 is 0 Å². The molecular weight excluding hydrogens is 336 g/mol. The van der Waals surface area contributed by atoms with Crippen molar-refractivity contribution in [1.82, 2.24) is 4.90 Å². The minimum atomic E-state index is -0.591. The largest absolute Gasteiger partial charge is 0.493 e. The molecule has 0 heterocycles. The zero-order valence-corrected chi connectivity index (χ0v) is 15.4. The molecule has 0 saturated heterocycles. The summed E-state index contributed by atoms with van der Waals surface area (Å²) in [5, 5.41) is 11.1. The number of hydrogen-bond acceptors (Lipinski definition) is 5. The van der Waals surface area contributed by atoms with E-state index in [-0.39, 0.29) is 29.5 Å². The highest BCUT2D eigenvalue weighted by Gasteiger charge is 2.23. The van der Waals surface area contributed by atoms with Crippen molar-refractivity contribution >= 4 is 17.4 Å². The standard InChI is InChI=1S/C19H26N2O5/c1-14(22)19-16(21(24)25)10-6-11-17(19)26-13-7-12-18(23)20(2)15-8-4-3-5-9-15/h6,10-11,15H,3-5,7-9,12-13H2,1-2H3. The van der Waals surface area contributed by atoms with Gasteiger partial charge in [0.05, 0.1) is 11.5 Å². The lowest BCUT2D eigenvalue weighted by Gasteiger charge is -2.31. The van der Waals surface area contributed by atoms with E-state index in [0.717, 1.165) is 12.8 Å². The molecule has 0 N–H and O–H groups in total. The monoisotopic (exact) mass is 362 g/mol. The van der Waals surface area contributed by atoms with Gasteiger partial charge in [-0.2, -0.15) is 0 Å². The van der Waals surface area contributed by atoms with Gasteiger partial charge in [-0.1, -0.05) is 25.3 Å². The first-order valence-electron chi connectivity index (χ1n) is 9.08. The van der Waals surface area contributed by atoms with Crippen molar-refractivity contribution in [3.05, 3.63) is 33.9 Å². The zero-order chi connectivity index (χ0) is 19.1. The average molecular weight is 362 g/mol. The molecule has 1 saturated carbocycles. The van der Waals surface area contributed by atoms with E-state index in [0.29, 0.717) is 18.9 Å². The van der Waals surface area contributed by atoms with Crippen molar-refractivity contribution < 1.29 is 19.2 Å². The SMILES string of the molecule is CC(=O)c1c(OCCCC(=O)N(C)C2CCCCC2)cccc1[N+](=O)[O-]. The minimum Gasteiger partial charge on any atom is -0.493 e. The van der Waals surface area contributed by atoms with Crippen LogP contribution in [0.1, 0.15) is 62.2 Å². The van der Waals surface area contributed by atoms with E-state index in [9.17, 15) is 19.7 Å². The van der Waals surface area contributed by atoms with E-state index in [1.807, 2.05) is 11.9 Å². The first-order chi connectivity index (χ1) is 12.4. The first kappa shape index (κ1) is 19.9. The molecule has 0 spiro atoms. The van der Waals surface area contributed by atoms with Gasteiger partial charge in [0.15, 0.2) is 5.78 Å². The van der Waals surface area contributed by atoms with Crippen LogP contribution in [0, 0.1) is 10.1 Å². The summed E-state index contributed by atoms with van der Waals surface area (Å²) in [5.41, 5.74) is -0.286. The van der Waals surface area contributed by atoms with Crippen LogP contribution >= 0.6 is 0 Å². The second kappa shape index (κ2) is 9.31. The lowest BCUT2D eigenvalue weighted by molar-refractivity contribution is -0.385. The van der Waals surface area contributed by atoms with Gasteiger partial charge < -0.3 is 9.64 Å². The van der Waals surface area contributed by atoms with Crippen LogP contribution < -0.4 is 4.74 Å². The molecule has 26 heavy (non-hydrogen) atoms. The van der Waals surface area contributed by atoms with Gasteiger partial charge in [0.1, 0.15) is 11.3 Å². The van der Waals surface area contributed by atoms with Gasteiger partial charge in [-0.3, -0.25) is 19.7 Å². The highest BCUT2D eigenvalue weighted by atomic mass is 16.6. The predicted octanol–water partition coefficient (Wildman–Crippen LogP) is 3.75. The summed E-state index contributed by atoms with van der Waals surface area (Å²) in [6.07, 6.45) is 6.57. The number of nitro groups is 1. The van der Waals surface area contributed by atoms with Crippen LogP contribution in [-0.4, -0.2) is 41.2 Å². The Balaban J connectivity index is 1.88. The molecule has 0 aliphatic heterocycles. The van der Waals surface area contributed by atoms with Gasteiger partial charge in [0.25, 0.3) is 5.69 Å². The Morgan fingerprint density at radius 1 is 1.27 bits per heavy atom. The fourth-order valence-corrected chi connectivity index (χ4v) is 3.40. The summed E-state index contributed by atoms with van der Waals surface area (Å²) in [6.45, 7) is 1.50. The first-order valence-corrected chi connectivity index (χ1v) is 9.08. The summed E-state index contributed by atoms with van der Waals surface area (Å²) < 4.78 is 5.57. The quantitative estimate of drug-likeness (QED) is 0.304. The van der Waals surface area contributed by atoms with Crippen LogP contribution in [0.25, 0.3) is 0 Å². The van der Waals surface area contributed by atoms with E-state index in [1.54, 1.807) is 6.07 Å². The lowest BCUT2D eigenvalue weighted by atomic mass is 9.94. The third kappa shape index (κ3) is 5.03. The average Bonchev–Trinajstić information content (AvgIpc) is 2.64. The number of hydrogen-bond donors (Lipinski definition) is 0. The highest BCUT2D eigenvalue weighted by Crippen LogP contribution is 2.29. The molecule has 7 nitrogen and oxygen atoms in total. The van der Waals surface area contributed by atoms with Crippen LogP contribution in [0.15, 0.2) is 18.2 Å². The Labute approximate surface area is 153 Å². The van der Waals surface area contributed by atoms with Gasteiger partial charge in [0.2, 0.25) is 5.91 Å². The molecule has 0 aromatic heterocycles. The zero-order valence-electron chi connectivity index (χ0n) is 15.4. The molecule has 0 unspecified atom stereocenters. The molecule has 0 radical (unpaired) electrons. The van der Waals surface area contributed by atoms with E-state index < -0.39 is 10.7 Å². The molecule has 2 rings (SSSR count). The van der Waals surface area contributed by atoms with Crippen molar-refractivity contribution in [2.45, 2.75) is 57.9 Å². The number of ether oxygens (including phenoxy) is 1. The molecule has 0 atom stereocenters. The van der Waals surface area contributed by atoms with E-state index in [2.05, 4.69) is 0 Å². The Kier molecular flexibility index (Phi) is 7.12. The topological polar surface area (TPSA) is 89.8 Å². The third-order valence-corrected chi connectivity index (χ3v) is 4.86. The van der Waals surface area contributed by atoms with Gasteiger partial charge in [-0.15, -0.1) is 0 Å². The molecule has 1 aromatic rings. The minimum absolute atomic E-state index is 0.0249. The third-order valence-electron chi connectivity index (χ3n) is 4.86. The molecule has 1 fully saturated rings. The Morgan fingerprint density at radius 2 is 1.96 bits per heavy atom. The Bertz CT molecular complexity index is 668. The molecule has 0 bridgehead atoms. The number of Topliss-reactive ketones (excluding diaryl/α,β-unsaturated/α-hetero) is 1. The summed E-state index contributed by atoms with van der Waals surface area (Å²) in [5.74, 6) is -0.133. The molecule has 142 valence electrons. The van der Waals surface area contributed by atoms with E-state index >= 15 is 0 Å². The fourth-order valence-electron chi connectivity index (χ4n) is 3.40. The smallest absolute Gasteiger partial charge is 0.283 e. The Morgan fingerprint density at radius 3 is 2.58 bits per heavy atom. The number of amides is 1. The Hall–Kier alpha value is -2.44. The maximum absolute atomic E-state index is 12.3. The number of carbonyl (C=O) groups is 2. The van der Waals surface area contributed by atoms with Crippen molar-refractivity contribution in [3.8, 4) is 5.75 Å². The summed E-state index contributed by atoms with van der Waals surface area (Å²) in [7, 11) is 1.85. The molecule has 1 amide bonds. The van der Waals surface area contributed by atoms with E-state index in [1.165, 1.54) is 38.3 Å². The number of rotatable bonds is 8. The van der Waals surface area contributed by atoms with Crippen LogP contribution in [-0.2, 0) is 4.79 Å². The predicted molar refractivity (Wildman–Crippen MR) is 97.5 cm³/mol. The van der Waals surface area contributed by atoms with Crippen molar-refractivity contribution in [3.63, 3.8) is 0 Å². The summed E-state index contributed by atoms with van der Waals surface area (Å²) in [4.78, 5) is 36.4. The van der Waals surface area contributed by atoms with E-state index in [4.69, 9.17) is 4.74 Å². The lowest BCUT2D eigenvalue weighted by Crippen LogP contribution is -2.38. The summed E-state index contributed by atoms with van der Waals surface area (Å²) >= 11 is 0. The maximum Gasteiger partial charge on any atom is 0.283 e. The van der Waals surface area contributed by atoms with Crippen LogP contribution in [0.5, 0.6) is 5.75 Å². The number of ketones is 1. The van der Waals surface area contributed by atoms with Gasteiger partial charge in [0, 0.05) is 25.6 Å². The number of nitrogens with zero attached hydrogens (tertiary/aromatic N) is 2. The van der Waals surface area contributed by atoms with Crippen molar-refractivity contribution in [2.24, 2.45) is 0 Å². The van der Waals surface area contributed by atoms with Gasteiger partial charge in [-0.05, 0) is 32.3 Å². The highest BCUT2D eigenvalue weighted by molar-refractivity contribution is 6.00. The second-order valence-electron chi connectivity index (χ2n) is 6.71. The normalized spacial score (nSPS) is 14.7. The second-order valence-corrected chi connectivity index (χ2v) is 6.71. The molecule has 1 aromatic carbocycles. The van der Waals surface area contributed by atoms with Crippen LogP contribution in [0.4, 0.5) is 5.69 Å². The maximum atomic E-state index is 12.3. The molecule has 7 heteroatoms. The summed E-state index contributed by atoms with van der Waals surface area (Å²) in [6, 6.07) is 4.65. The fraction of sp³-hybridized carbons (Fsp3) is 0.579. The number of nitro benzene ring substituents is 1. The van der Waals surface area contributed by atoms with Crippen molar-refractivity contribution in [2.75, 3.05) is 13.7 Å². The van der Waals surface area contributed by atoms with Crippen LogP contribution in [0.2, 0.25) is 0 Å². The van der Waals surface area contributed by atoms with Crippen molar-refractivity contribution in [1.29, 1.82) is 0 Å². The van der Waals surface area contributed by atoms with Crippen LogP contribution in [0.3, 0.4) is 0 Å².